The number of unbranched alkanes of at least 4 members (excludes halogenated alkanes) is 2. The minimum atomic E-state index is 0.119. The third kappa shape index (κ3) is 7.33. The van der Waals surface area contributed by atoms with Crippen molar-refractivity contribution in [1.82, 2.24) is 10.6 Å². The fraction of sp³-hybridized carbons (Fsp3) is 0.909. The van der Waals surface area contributed by atoms with Crippen LogP contribution in [0.3, 0.4) is 0 Å². The topological polar surface area (TPSA) is 50.4 Å². The van der Waals surface area contributed by atoms with E-state index < -0.39 is 0 Å². The molecule has 1 aliphatic carbocycles. The van der Waals surface area contributed by atoms with Crippen molar-refractivity contribution < 1.29 is 9.53 Å². The maximum absolute atomic E-state index is 11.3. The Morgan fingerprint density at radius 2 is 2.13 bits per heavy atom. The molecule has 0 unspecified atom stereocenters. The van der Waals surface area contributed by atoms with Gasteiger partial charge < -0.3 is 15.4 Å². The van der Waals surface area contributed by atoms with Gasteiger partial charge in [0.1, 0.15) is 0 Å². The zero-order valence-corrected chi connectivity index (χ0v) is 9.55. The van der Waals surface area contributed by atoms with E-state index >= 15 is 0 Å². The van der Waals surface area contributed by atoms with Crippen LogP contribution >= 0.6 is 0 Å². The summed E-state index contributed by atoms with van der Waals surface area (Å²) in [5, 5.41) is 6.09. The molecule has 0 radical (unpaired) electrons. The first-order valence-electron chi connectivity index (χ1n) is 5.82. The molecule has 0 spiro atoms. The first-order chi connectivity index (χ1) is 7.33. The van der Waals surface area contributed by atoms with Crippen LogP contribution < -0.4 is 10.6 Å². The highest BCUT2D eigenvalue weighted by molar-refractivity contribution is 5.77. The van der Waals surface area contributed by atoms with Gasteiger partial charge in [-0.15, -0.1) is 0 Å². The van der Waals surface area contributed by atoms with E-state index in [4.69, 9.17) is 4.74 Å². The molecule has 1 rings (SSSR count). The molecule has 0 heterocycles. The molecule has 0 aromatic heterocycles. The van der Waals surface area contributed by atoms with Crippen LogP contribution in [0.25, 0.3) is 0 Å². The van der Waals surface area contributed by atoms with Gasteiger partial charge in [-0.05, 0) is 32.1 Å². The Balaban J connectivity index is 1.79. The Kier molecular flexibility index (Phi) is 6.36. The predicted octanol–water partition coefficient (Wildman–Crippen LogP) is 0.671. The molecule has 1 saturated carbocycles. The molecule has 4 heteroatoms. The van der Waals surface area contributed by atoms with Gasteiger partial charge in [0, 0.05) is 26.3 Å². The van der Waals surface area contributed by atoms with Gasteiger partial charge in [-0.25, -0.2) is 0 Å². The molecule has 1 amide bonds. The first-order valence-corrected chi connectivity index (χ1v) is 5.82. The van der Waals surface area contributed by atoms with Crippen LogP contribution in [0.5, 0.6) is 0 Å². The lowest BCUT2D eigenvalue weighted by molar-refractivity contribution is -0.120. The third-order valence-corrected chi connectivity index (χ3v) is 2.48. The van der Waals surface area contributed by atoms with Crippen LogP contribution in [-0.2, 0) is 9.53 Å². The van der Waals surface area contributed by atoms with Crippen molar-refractivity contribution in [2.75, 3.05) is 26.8 Å². The Bertz CT molecular complexity index is 181. The fourth-order valence-corrected chi connectivity index (χ4v) is 1.36. The van der Waals surface area contributed by atoms with E-state index in [0.29, 0.717) is 12.6 Å². The molecule has 1 aliphatic rings. The summed E-state index contributed by atoms with van der Waals surface area (Å²) < 4.78 is 4.94. The fourth-order valence-electron chi connectivity index (χ4n) is 1.36. The predicted molar refractivity (Wildman–Crippen MR) is 59.8 cm³/mol. The second kappa shape index (κ2) is 7.65. The van der Waals surface area contributed by atoms with Crippen molar-refractivity contribution in [2.45, 2.75) is 38.1 Å². The van der Waals surface area contributed by atoms with Gasteiger partial charge in [-0.3, -0.25) is 4.79 Å². The van der Waals surface area contributed by atoms with E-state index in [0.717, 1.165) is 32.4 Å². The lowest BCUT2D eigenvalue weighted by atomic mass is 10.2. The van der Waals surface area contributed by atoms with Crippen LogP contribution in [0.1, 0.15) is 32.1 Å². The summed E-state index contributed by atoms with van der Waals surface area (Å²) in [6.45, 7) is 2.08. The molecule has 0 aromatic rings. The smallest absolute Gasteiger partial charge is 0.233 e. The van der Waals surface area contributed by atoms with E-state index in [2.05, 4.69) is 10.6 Å². The van der Waals surface area contributed by atoms with E-state index in [1.165, 1.54) is 12.8 Å². The highest BCUT2D eigenvalue weighted by atomic mass is 16.5. The standard InChI is InChI=1S/C11H22N2O2/c1-15-8-4-2-3-7-12-11(14)9-13-10-5-6-10/h10,13H,2-9H2,1H3,(H,12,14). The number of nitrogens with one attached hydrogen (secondary N) is 2. The maximum atomic E-state index is 11.3. The molecule has 0 aliphatic heterocycles. The number of carbonyl (C=O) groups is 1. The van der Waals surface area contributed by atoms with Crippen LogP contribution in [0.4, 0.5) is 0 Å². The molecule has 1 fully saturated rings. The van der Waals surface area contributed by atoms with Gasteiger partial charge in [0.2, 0.25) is 5.91 Å². The van der Waals surface area contributed by atoms with Crippen molar-refractivity contribution in [3.8, 4) is 0 Å². The number of amides is 1. The maximum Gasteiger partial charge on any atom is 0.233 e. The molecular weight excluding hydrogens is 192 g/mol. The average Bonchev–Trinajstić information content (AvgIpc) is 3.04. The summed E-state index contributed by atoms with van der Waals surface area (Å²) in [6.07, 6.45) is 5.68. The normalized spacial score (nSPS) is 15.3. The quantitative estimate of drug-likeness (QED) is 0.555. The van der Waals surface area contributed by atoms with Crippen molar-refractivity contribution in [2.24, 2.45) is 0 Å². The van der Waals surface area contributed by atoms with Crippen molar-refractivity contribution in [1.29, 1.82) is 0 Å². The minimum absolute atomic E-state index is 0.119. The van der Waals surface area contributed by atoms with Crippen molar-refractivity contribution >= 4 is 5.91 Å². The second-order valence-corrected chi connectivity index (χ2v) is 4.06. The summed E-state index contributed by atoms with van der Waals surface area (Å²) in [6, 6.07) is 0.609. The van der Waals surface area contributed by atoms with Gasteiger partial charge >= 0.3 is 0 Å². The van der Waals surface area contributed by atoms with Crippen LogP contribution in [0, 0.1) is 0 Å². The zero-order valence-electron chi connectivity index (χ0n) is 9.55. The molecule has 4 nitrogen and oxygen atoms in total. The van der Waals surface area contributed by atoms with E-state index in [-0.39, 0.29) is 5.91 Å². The molecular formula is C11H22N2O2. The summed E-state index contributed by atoms with van der Waals surface area (Å²) in [4.78, 5) is 11.3. The first kappa shape index (κ1) is 12.5. The molecule has 2 N–H and O–H groups in total. The Hall–Kier alpha value is -0.610. The van der Waals surface area contributed by atoms with Crippen LogP contribution in [-0.4, -0.2) is 38.8 Å². The number of rotatable bonds is 9. The summed E-state index contributed by atoms with van der Waals surface area (Å²) >= 11 is 0. The summed E-state index contributed by atoms with van der Waals surface area (Å²) in [5.41, 5.74) is 0. The SMILES string of the molecule is COCCCCCNC(=O)CNC1CC1. The number of ether oxygens (including phenoxy) is 1. The molecule has 88 valence electrons. The summed E-state index contributed by atoms with van der Waals surface area (Å²) in [5.74, 6) is 0.119. The third-order valence-electron chi connectivity index (χ3n) is 2.48. The zero-order chi connectivity index (χ0) is 10.9. The number of hydrogen-bond acceptors (Lipinski definition) is 3. The van der Waals surface area contributed by atoms with Crippen molar-refractivity contribution in [3.05, 3.63) is 0 Å². The van der Waals surface area contributed by atoms with Gasteiger partial charge in [0.05, 0.1) is 6.54 Å². The lowest BCUT2D eigenvalue weighted by Gasteiger charge is -2.05. The van der Waals surface area contributed by atoms with Gasteiger partial charge in [0.15, 0.2) is 0 Å². The lowest BCUT2D eigenvalue weighted by Crippen LogP contribution is -2.35. The number of hydrogen-bond donors (Lipinski definition) is 2. The average molecular weight is 214 g/mol. The molecule has 0 bridgehead atoms. The molecule has 0 aromatic carbocycles. The highest BCUT2D eigenvalue weighted by Crippen LogP contribution is 2.17. The van der Waals surface area contributed by atoms with Crippen molar-refractivity contribution in [3.63, 3.8) is 0 Å². The van der Waals surface area contributed by atoms with Crippen LogP contribution in [0.2, 0.25) is 0 Å². The number of carbonyl (C=O) groups excluding carboxylic acids is 1. The van der Waals surface area contributed by atoms with E-state index in [9.17, 15) is 4.79 Å². The Labute approximate surface area is 91.8 Å². The Morgan fingerprint density at radius 1 is 1.33 bits per heavy atom. The molecule has 0 saturated heterocycles. The largest absolute Gasteiger partial charge is 0.385 e. The van der Waals surface area contributed by atoms with E-state index in [1.807, 2.05) is 0 Å². The highest BCUT2D eigenvalue weighted by Gasteiger charge is 2.20. The van der Waals surface area contributed by atoms with Crippen LogP contribution in [0.15, 0.2) is 0 Å². The Morgan fingerprint density at radius 3 is 2.80 bits per heavy atom. The monoisotopic (exact) mass is 214 g/mol. The van der Waals surface area contributed by atoms with Gasteiger partial charge in [-0.2, -0.15) is 0 Å². The number of methoxy groups -OCH3 is 1. The second-order valence-electron chi connectivity index (χ2n) is 4.06. The van der Waals surface area contributed by atoms with E-state index in [1.54, 1.807) is 7.11 Å². The molecule has 15 heavy (non-hydrogen) atoms. The van der Waals surface area contributed by atoms with Gasteiger partial charge in [0.25, 0.3) is 0 Å². The molecule has 0 atom stereocenters. The minimum Gasteiger partial charge on any atom is -0.385 e. The van der Waals surface area contributed by atoms with Gasteiger partial charge in [-0.1, -0.05) is 0 Å². The summed E-state index contributed by atoms with van der Waals surface area (Å²) in [7, 11) is 1.71.